The molecule has 0 heterocycles. The molecule has 1 atom stereocenters. The number of nitrogens with zero attached hydrogens (tertiary/aromatic N) is 1. The molecule has 0 radical (unpaired) electrons. The second-order valence-corrected chi connectivity index (χ2v) is 12.8. The van der Waals surface area contributed by atoms with Crippen LogP contribution in [0.4, 0.5) is 17.1 Å². The predicted molar refractivity (Wildman–Crippen MR) is 202 cm³/mol. The van der Waals surface area contributed by atoms with Gasteiger partial charge in [0.2, 0.25) is 0 Å². The van der Waals surface area contributed by atoms with Gasteiger partial charge in [-0.25, -0.2) is 0 Å². The second-order valence-electron chi connectivity index (χ2n) is 12.8. The van der Waals surface area contributed by atoms with Crippen LogP contribution < -0.4 is 4.90 Å². The van der Waals surface area contributed by atoms with Crippen molar-refractivity contribution < 1.29 is 0 Å². The Balaban J connectivity index is 1.43. The molecule has 7 aromatic carbocycles. The van der Waals surface area contributed by atoms with Crippen molar-refractivity contribution in [1.82, 2.24) is 0 Å². The van der Waals surface area contributed by atoms with Crippen LogP contribution in [0.25, 0.3) is 33.0 Å². The summed E-state index contributed by atoms with van der Waals surface area (Å²) in [5, 5.41) is 2.55. The fraction of sp³-hybridized carbons (Fsp3) is 0.0638. The molecule has 9 rings (SSSR count). The van der Waals surface area contributed by atoms with Crippen LogP contribution in [0.15, 0.2) is 194 Å². The molecule has 0 aliphatic heterocycles. The van der Waals surface area contributed by atoms with E-state index < -0.39 is 5.41 Å². The van der Waals surface area contributed by atoms with E-state index in [1.54, 1.807) is 0 Å². The number of hydrogen-bond acceptors (Lipinski definition) is 1. The highest BCUT2D eigenvalue weighted by atomic mass is 15.1. The zero-order valence-corrected chi connectivity index (χ0v) is 26.8. The standard InChI is InChI=1S/C47H35N/c1-5-18-34(19-6-1)35-21-17-28-40(32-35)48(39-26-11-4-12-27-39)44-33-36-20-13-14-29-41(36)46-45(44)42-30-15-16-31-43(42)47(46,37-22-7-2-8-23-37)38-24-9-3-10-25-38/h1-9,11-24,26-33H,10,25H2. The van der Waals surface area contributed by atoms with Gasteiger partial charge in [-0.2, -0.15) is 0 Å². The molecule has 0 aromatic heterocycles. The van der Waals surface area contributed by atoms with Gasteiger partial charge in [0.05, 0.1) is 11.1 Å². The zero-order chi connectivity index (χ0) is 31.9. The van der Waals surface area contributed by atoms with Gasteiger partial charge in [-0.1, -0.05) is 163 Å². The summed E-state index contributed by atoms with van der Waals surface area (Å²) >= 11 is 0. The fourth-order valence-electron chi connectivity index (χ4n) is 8.22. The normalized spacial score (nSPS) is 16.3. The Hall–Kier alpha value is -5.92. The lowest BCUT2D eigenvalue weighted by atomic mass is 9.64. The van der Waals surface area contributed by atoms with Gasteiger partial charge in [-0.05, 0) is 87.3 Å². The summed E-state index contributed by atoms with van der Waals surface area (Å²) in [4.78, 5) is 2.48. The van der Waals surface area contributed by atoms with E-state index in [1.807, 2.05) is 0 Å². The number of benzene rings is 7. The van der Waals surface area contributed by atoms with E-state index in [0.717, 1.165) is 24.2 Å². The first-order valence-corrected chi connectivity index (χ1v) is 16.9. The van der Waals surface area contributed by atoms with Crippen molar-refractivity contribution in [3.05, 3.63) is 210 Å². The Morgan fingerprint density at radius 3 is 2.00 bits per heavy atom. The molecule has 228 valence electrons. The SMILES string of the molecule is C1=CCCC(C2(c3ccccc3)c3ccccc3-c3c(N(c4ccccc4)c4cccc(-c5ccccc5)c4)cc4ccccc4c32)=C1. The maximum Gasteiger partial charge on any atom is 0.0683 e. The Labute approximate surface area is 282 Å². The first-order valence-electron chi connectivity index (χ1n) is 16.9. The maximum absolute atomic E-state index is 2.48. The Morgan fingerprint density at radius 2 is 1.21 bits per heavy atom. The van der Waals surface area contributed by atoms with Gasteiger partial charge in [-0.15, -0.1) is 0 Å². The summed E-state index contributed by atoms with van der Waals surface area (Å²) in [5.41, 5.74) is 13.5. The molecular formula is C47H35N. The van der Waals surface area contributed by atoms with Gasteiger partial charge < -0.3 is 4.90 Å². The molecule has 0 spiro atoms. The van der Waals surface area contributed by atoms with Gasteiger partial charge in [-0.3, -0.25) is 0 Å². The monoisotopic (exact) mass is 613 g/mol. The van der Waals surface area contributed by atoms with E-state index in [4.69, 9.17) is 0 Å². The van der Waals surface area contributed by atoms with Crippen molar-refractivity contribution in [2.75, 3.05) is 4.90 Å². The van der Waals surface area contributed by atoms with Crippen molar-refractivity contribution in [2.45, 2.75) is 18.3 Å². The quantitative estimate of drug-likeness (QED) is 0.180. The van der Waals surface area contributed by atoms with Gasteiger partial charge >= 0.3 is 0 Å². The molecule has 1 unspecified atom stereocenters. The highest BCUT2D eigenvalue weighted by Crippen LogP contribution is 2.62. The number of fused-ring (bicyclic) bond motifs is 5. The summed E-state index contributed by atoms with van der Waals surface area (Å²) in [6, 6.07) is 62.3. The minimum absolute atomic E-state index is 0.429. The summed E-state index contributed by atoms with van der Waals surface area (Å²) < 4.78 is 0. The molecule has 0 bridgehead atoms. The largest absolute Gasteiger partial charge is 0.310 e. The van der Waals surface area contributed by atoms with Crippen LogP contribution in [0.2, 0.25) is 0 Å². The number of allylic oxidation sites excluding steroid dienone is 4. The van der Waals surface area contributed by atoms with E-state index in [0.29, 0.717) is 0 Å². The van der Waals surface area contributed by atoms with E-state index in [2.05, 4.69) is 193 Å². The molecule has 1 nitrogen and oxygen atoms in total. The Kier molecular flexibility index (Phi) is 6.91. The van der Waals surface area contributed by atoms with Gasteiger partial charge in [0, 0.05) is 16.9 Å². The van der Waals surface area contributed by atoms with Crippen LogP contribution in [0.1, 0.15) is 29.5 Å². The van der Waals surface area contributed by atoms with E-state index >= 15 is 0 Å². The van der Waals surface area contributed by atoms with Crippen molar-refractivity contribution in [3.8, 4) is 22.3 Å². The molecule has 48 heavy (non-hydrogen) atoms. The first kappa shape index (κ1) is 28.3. The van der Waals surface area contributed by atoms with Crippen LogP contribution in [-0.4, -0.2) is 0 Å². The van der Waals surface area contributed by atoms with Crippen molar-refractivity contribution in [3.63, 3.8) is 0 Å². The minimum atomic E-state index is -0.429. The highest BCUT2D eigenvalue weighted by Gasteiger charge is 2.49. The summed E-state index contributed by atoms with van der Waals surface area (Å²) in [7, 11) is 0. The molecule has 0 N–H and O–H groups in total. The summed E-state index contributed by atoms with van der Waals surface area (Å²) in [6.07, 6.45) is 9.01. The van der Waals surface area contributed by atoms with Crippen molar-refractivity contribution in [2.24, 2.45) is 0 Å². The molecule has 0 fully saturated rings. The Bertz CT molecular complexity index is 2330. The van der Waals surface area contributed by atoms with Gasteiger partial charge in [0.25, 0.3) is 0 Å². The average Bonchev–Trinajstić information content (AvgIpc) is 3.49. The topological polar surface area (TPSA) is 3.24 Å². The molecule has 2 aliphatic rings. The lowest BCUT2D eigenvalue weighted by Crippen LogP contribution is -2.30. The third-order valence-corrected chi connectivity index (χ3v) is 10.2. The molecule has 0 amide bonds. The lowest BCUT2D eigenvalue weighted by Gasteiger charge is -2.38. The third-order valence-electron chi connectivity index (χ3n) is 10.2. The van der Waals surface area contributed by atoms with Crippen LogP contribution in [0.5, 0.6) is 0 Å². The molecular weight excluding hydrogens is 579 g/mol. The second kappa shape index (κ2) is 11.7. The van der Waals surface area contributed by atoms with E-state index in [1.165, 1.54) is 61.0 Å². The number of anilines is 3. The molecule has 0 saturated heterocycles. The first-order chi connectivity index (χ1) is 23.8. The number of para-hydroxylation sites is 1. The molecule has 1 heteroatoms. The van der Waals surface area contributed by atoms with Crippen molar-refractivity contribution >= 4 is 27.8 Å². The predicted octanol–water partition coefficient (Wildman–Crippen LogP) is 12.6. The average molecular weight is 614 g/mol. The lowest BCUT2D eigenvalue weighted by molar-refractivity contribution is 0.697. The molecule has 2 aliphatic carbocycles. The van der Waals surface area contributed by atoms with E-state index in [-0.39, 0.29) is 0 Å². The zero-order valence-electron chi connectivity index (χ0n) is 26.8. The van der Waals surface area contributed by atoms with Gasteiger partial charge in [0.1, 0.15) is 0 Å². The smallest absolute Gasteiger partial charge is 0.0683 e. The van der Waals surface area contributed by atoms with Crippen LogP contribution in [0.3, 0.4) is 0 Å². The maximum atomic E-state index is 2.48. The minimum Gasteiger partial charge on any atom is -0.310 e. The summed E-state index contributed by atoms with van der Waals surface area (Å²) in [5.74, 6) is 0. The number of rotatable bonds is 6. The highest BCUT2D eigenvalue weighted by molar-refractivity contribution is 6.07. The van der Waals surface area contributed by atoms with Crippen LogP contribution >= 0.6 is 0 Å². The molecule has 7 aromatic rings. The van der Waals surface area contributed by atoms with Gasteiger partial charge in [0.15, 0.2) is 0 Å². The fourth-order valence-corrected chi connectivity index (χ4v) is 8.22. The summed E-state index contributed by atoms with van der Waals surface area (Å²) in [6.45, 7) is 0. The Morgan fingerprint density at radius 1 is 0.542 bits per heavy atom. The third kappa shape index (κ3) is 4.39. The van der Waals surface area contributed by atoms with E-state index in [9.17, 15) is 0 Å². The van der Waals surface area contributed by atoms with Crippen LogP contribution in [0, 0.1) is 0 Å². The van der Waals surface area contributed by atoms with Crippen LogP contribution in [-0.2, 0) is 5.41 Å². The molecule has 0 saturated carbocycles. The number of hydrogen-bond donors (Lipinski definition) is 0. The van der Waals surface area contributed by atoms with Crippen molar-refractivity contribution in [1.29, 1.82) is 0 Å².